The van der Waals surface area contributed by atoms with Crippen molar-refractivity contribution in [2.24, 2.45) is 16.1 Å². The predicted molar refractivity (Wildman–Crippen MR) is 216 cm³/mol. The lowest BCUT2D eigenvalue weighted by Crippen LogP contribution is -2.29. The summed E-state index contributed by atoms with van der Waals surface area (Å²) in [6, 6.07) is 10.4. The van der Waals surface area contributed by atoms with Crippen LogP contribution in [0.2, 0.25) is 0 Å². The third-order valence-electron chi connectivity index (χ3n) is 9.10. The minimum absolute atomic E-state index is 0.144. The summed E-state index contributed by atoms with van der Waals surface area (Å²) in [5.74, 6) is 0.215. The Morgan fingerprint density at radius 3 is 1.96 bits per heavy atom. The first-order chi connectivity index (χ1) is 26.3. The molecule has 0 N–H and O–H groups in total. The fraction of sp³-hybridized carbons (Fsp3) is 0.690. The second-order valence-corrected chi connectivity index (χ2v) is 14.7. The molecule has 0 fully saturated rings. The maximum atomic E-state index is 12.1. The Balaban J connectivity index is 1.58. The Kier molecular flexibility index (Phi) is 25.9. The van der Waals surface area contributed by atoms with Gasteiger partial charge in [-0.2, -0.15) is 10.5 Å². The zero-order valence-electron chi connectivity index (χ0n) is 33.7. The van der Waals surface area contributed by atoms with Crippen molar-refractivity contribution in [3.63, 3.8) is 0 Å². The number of unbranched alkanes of at least 4 members (excludes halogenated alkanes) is 8. The summed E-state index contributed by atoms with van der Waals surface area (Å²) in [6.45, 7) is 16.1. The van der Waals surface area contributed by atoms with Crippen molar-refractivity contribution in [2.75, 3.05) is 77.5 Å². The second-order valence-electron chi connectivity index (χ2n) is 13.7. The molecule has 0 aliphatic heterocycles. The lowest BCUT2D eigenvalue weighted by molar-refractivity contribution is -0.146. The van der Waals surface area contributed by atoms with Crippen molar-refractivity contribution >= 4 is 33.7 Å². The average molecular weight is 768 g/mol. The highest BCUT2D eigenvalue weighted by molar-refractivity contribution is 7.16. The molecule has 0 spiro atoms. The summed E-state index contributed by atoms with van der Waals surface area (Å²) in [5.41, 5.74) is 3.85. The van der Waals surface area contributed by atoms with E-state index in [1.807, 2.05) is 13.0 Å². The zero-order chi connectivity index (χ0) is 39.2. The first kappa shape index (κ1) is 46.8. The molecule has 11 nitrogen and oxygen atoms in total. The Morgan fingerprint density at radius 2 is 1.35 bits per heavy atom. The van der Waals surface area contributed by atoms with Gasteiger partial charge in [-0.25, -0.2) is 0 Å². The van der Waals surface area contributed by atoms with Gasteiger partial charge >= 0.3 is 5.97 Å². The number of rotatable bonds is 32. The van der Waals surface area contributed by atoms with Crippen LogP contribution in [0.15, 0.2) is 28.4 Å². The molecule has 1 aromatic carbocycles. The van der Waals surface area contributed by atoms with E-state index in [2.05, 4.69) is 60.2 Å². The van der Waals surface area contributed by atoms with Crippen LogP contribution < -0.4 is 4.90 Å². The van der Waals surface area contributed by atoms with Crippen LogP contribution in [0, 0.1) is 42.4 Å². The topological polar surface area (TPSA) is 139 Å². The van der Waals surface area contributed by atoms with Crippen molar-refractivity contribution in [2.45, 2.75) is 112 Å². The largest absolute Gasteiger partial charge is 0.463 e. The van der Waals surface area contributed by atoms with Gasteiger partial charge in [-0.1, -0.05) is 85.0 Å². The maximum Gasteiger partial charge on any atom is 0.306 e. The molecule has 0 bridgehead atoms. The van der Waals surface area contributed by atoms with Gasteiger partial charge in [0.1, 0.15) is 23.6 Å². The number of aryl methyl sites for hydroxylation is 1. The summed E-state index contributed by atoms with van der Waals surface area (Å²) in [5, 5.41) is 28.0. The monoisotopic (exact) mass is 767 g/mol. The van der Waals surface area contributed by atoms with Gasteiger partial charge in [-0.15, -0.1) is 21.6 Å². The fourth-order valence-electron chi connectivity index (χ4n) is 5.82. The molecule has 1 heterocycles. The number of anilines is 1. The molecule has 0 radical (unpaired) electrons. The van der Waals surface area contributed by atoms with Gasteiger partial charge in [0.15, 0.2) is 5.00 Å². The van der Waals surface area contributed by atoms with Crippen molar-refractivity contribution < 1.29 is 28.5 Å². The summed E-state index contributed by atoms with van der Waals surface area (Å²) < 4.78 is 28.0. The molecule has 12 heteroatoms. The van der Waals surface area contributed by atoms with Crippen molar-refractivity contribution in [3.05, 3.63) is 39.8 Å². The number of thiophene rings is 1. The van der Waals surface area contributed by atoms with Crippen LogP contribution in [-0.4, -0.2) is 78.5 Å². The van der Waals surface area contributed by atoms with E-state index < -0.39 is 0 Å². The molecule has 0 aliphatic rings. The van der Waals surface area contributed by atoms with E-state index in [9.17, 15) is 15.3 Å². The summed E-state index contributed by atoms with van der Waals surface area (Å²) >= 11 is 1.19. The smallest absolute Gasteiger partial charge is 0.306 e. The molecular weight excluding hydrogens is 703 g/mol. The number of carbonyl (C=O) groups excluding carboxylic acids is 1. The number of azo groups is 1. The molecule has 1 unspecified atom stereocenters. The molecule has 0 amide bonds. The van der Waals surface area contributed by atoms with E-state index in [0.717, 1.165) is 42.9 Å². The molecule has 1 atom stereocenters. The van der Waals surface area contributed by atoms with E-state index in [0.29, 0.717) is 86.2 Å². The maximum absolute atomic E-state index is 12.1. The number of hydrogen-bond acceptors (Lipinski definition) is 12. The summed E-state index contributed by atoms with van der Waals surface area (Å²) in [7, 11) is 0. The van der Waals surface area contributed by atoms with Gasteiger partial charge in [0.25, 0.3) is 0 Å². The van der Waals surface area contributed by atoms with E-state index >= 15 is 0 Å². The number of nitriles is 2. The highest BCUT2D eigenvalue weighted by Crippen LogP contribution is 2.36. The molecule has 54 heavy (non-hydrogen) atoms. The molecular formula is C42H65N5O6S. The van der Waals surface area contributed by atoms with E-state index in [1.165, 1.54) is 69.1 Å². The zero-order valence-corrected chi connectivity index (χ0v) is 34.5. The van der Waals surface area contributed by atoms with Crippen molar-refractivity contribution in [1.82, 2.24) is 0 Å². The Bertz CT molecular complexity index is 1440. The Labute approximate surface area is 329 Å². The van der Waals surface area contributed by atoms with Crippen LogP contribution >= 0.6 is 11.3 Å². The third-order valence-corrected chi connectivity index (χ3v) is 10.2. The lowest BCUT2D eigenvalue weighted by Gasteiger charge is -2.25. The molecule has 300 valence electrons. The molecule has 0 saturated carbocycles. The van der Waals surface area contributed by atoms with Gasteiger partial charge in [0.2, 0.25) is 0 Å². The number of carbonyl (C=O) groups is 1. The first-order valence-corrected chi connectivity index (χ1v) is 20.8. The third kappa shape index (κ3) is 19.8. The number of esters is 1. The standard InChI is InChI=1S/C42H65N5O6S/c1-6-8-10-12-13-14-16-34(3)30-41(48)53-29-28-52-27-26-51-25-24-50-23-22-49-21-20-47(19-15-11-9-7-2)37-17-18-39(35(4)31-37)45-46-42-38(32-43)36(5)40(33-44)54-42/h17-18,31,34H,6-16,19-30H2,1-5H3. The van der Waals surface area contributed by atoms with Gasteiger partial charge in [0.05, 0.1) is 64.1 Å². The summed E-state index contributed by atoms with van der Waals surface area (Å²) in [6.07, 6.45) is 13.9. The number of benzene rings is 1. The van der Waals surface area contributed by atoms with Crippen LogP contribution in [-0.2, 0) is 28.5 Å². The second kappa shape index (κ2) is 29.9. The van der Waals surface area contributed by atoms with Crippen LogP contribution in [0.25, 0.3) is 0 Å². The Hall–Kier alpha value is -3.39. The quantitative estimate of drug-likeness (QED) is 0.0404. The van der Waals surface area contributed by atoms with E-state index in [1.54, 1.807) is 6.92 Å². The predicted octanol–water partition coefficient (Wildman–Crippen LogP) is 10.3. The highest BCUT2D eigenvalue weighted by Gasteiger charge is 2.15. The van der Waals surface area contributed by atoms with E-state index in [4.69, 9.17) is 23.7 Å². The van der Waals surface area contributed by atoms with Gasteiger partial charge in [-0.05, 0) is 55.5 Å². The SMILES string of the molecule is CCCCCCCCC(C)CC(=O)OCCOCCOCCOCCOCCN(CCCCCC)c1ccc(N=Nc2sc(C#N)c(C)c2C#N)c(C)c1. The molecule has 2 rings (SSSR count). The number of nitrogens with zero attached hydrogens (tertiary/aromatic N) is 5. The van der Waals surface area contributed by atoms with Crippen LogP contribution in [0.3, 0.4) is 0 Å². The molecule has 1 aromatic heterocycles. The van der Waals surface area contributed by atoms with Crippen LogP contribution in [0.1, 0.15) is 119 Å². The first-order valence-electron chi connectivity index (χ1n) is 20.0. The Morgan fingerprint density at radius 1 is 0.759 bits per heavy atom. The van der Waals surface area contributed by atoms with E-state index in [-0.39, 0.29) is 12.6 Å². The molecule has 0 saturated heterocycles. The lowest BCUT2D eigenvalue weighted by atomic mass is 9.99. The van der Waals surface area contributed by atoms with Crippen LogP contribution in [0.4, 0.5) is 16.4 Å². The number of ether oxygens (including phenoxy) is 5. The molecule has 2 aromatic rings. The minimum Gasteiger partial charge on any atom is -0.463 e. The van der Waals surface area contributed by atoms with Gasteiger partial charge in [-0.3, -0.25) is 4.79 Å². The molecule has 0 aliphatic carbocycles. The van der Waals surface area contributed by atoms with Gasteiger partial charge < -0.3 is 28.6 Å². The van der Waals surface area contributed by atoms with Crippen molar-refractivity contribution in [3.8, 4) is 12.1 Å². The average Bonchev–Trinajstić information content (AvgIpc) is 3.48. The summed E-state index contributed by atoms with van der Waals surface area (Å²) in [4.78, 5) is 14.9. The fourth-order valence-corrected chi connectivity index (χ4v) is 6.70. The highest BCUT2D eigenvalue weighted by atomic mass is 32.1. The van der Waals surface area contributed by atoms with Gasteiger partial charge in [0, 0.05) is 25.2 Å². The minimum atomic E-state index is -0.144. The normalized spacial score (nSPS) is 11.8. The van der Waals surface area contributed by atoms with Crippen molar-refractivity contribution in [1.29, 1.82) is 10.5 Å². The number of hydrogen-bond donors (Lipinski definition) is 0. The van der Waals surface area contributed by atoms with Crippen LogP contribution in [0.5, 0.6) is 0 Å².